The van der Waals surface area contributed by atoms with Crippen molar-refractivity contribution in [1.29, 1.82) is 0 Å². The van der Waals surface area contributed by atoms with Crippen LogP contribution in [0.2, 0.25) is 0 Å². The van der Waals surface area contributed by atoms with Crippen LogP contribution in [-0.4, -0.2) is 49.3 Å². The fourth-order valence-electron chi connectivity index (χ4n) is 4.76. The van der Waals surface area contributed by atoms with E-state index in [-0.39, 0.29) is 0 Å². The van der Waals surface area contributed by atoms with Crippen molar-refractivity contribution in [3.8, 4) is 0 Å². The van der Waals surface area contributed by atoms with Gasteiger partial charge in [0.2, 0.25) is 0 Å². The minimum atomic E-state index is 0.341. The molecule has 0 radical (unpaired) electrons. The molecule has 0 spiro atoms. The van der Waals surface area contributed by atoms with Gasteiger partial charge in [-0.3, -0.25) is 4.90 Å². The highest BCUT2D eigenvalue weighted by molar-refractivity contribution is 5.33. The van der Waals surface area contributed by atoms with Gasteiger partial charge in [0, 0.05) is 31.3 Å². The van der Waals surface area contributed by atoms with E-state index in [4.69, 9.17) is 4.74 Å². The highest BCUT2D eigenvalue weighted by Crippen LogP contribution is 2.31. The number of likely N-dealkylation sites (tertiary alicyclic amines) is 1. The van der Waals surface area contributed by atoms with Crippen LogP contribution in [0.15, 0.2) is 24.3 Å². The Kier molecular flexibility index (Phi) is 4.70. The fraction of sp³-hybridized carbons (Fsp3) is 0.700. The quantitative estimate of drug-likeness (QED) is 0.925. The number of benzene rings is 1. The molecule has 3 aliphatic rings. The molecule has 0 atom stereocenters. The normalized spacial score (nSPS) is 25.4. The van der Waals surface area contributed by atoms with Crippen molar-refractivity contribution in [3.63, 3.8) is 0 Å². The van der Waals surface area contributed by atoms with Gasteiger partial charge in [0.25, 0.3) is 0 Å². The monoisotopic (exact) mass is 314 g/mol. The van der Waals surface area contributed by atoms with E-state index in [1.165, 1.54) is 58.0 Å². The van der Waals surface area contributed by atoms with Gasteiger partial charge in [-0.05, 0) is 62.7 Å². The molecular formula is C20H30N2O. The van der Waals surface area contributed by atoms with Crippen molar-refractivity contribution in [1.82, 2.24) is 10.2 Å². The molecule has 3 heteroatoms. The molecule has 1 aromatic rings. The first-order chi connectivity index (χ1) is 11.4. The summed E-state index contributed by atoms with van der Waals surface area (Å²) in [6.45, 7) is 5.57. The summed E-state index contributed by atoms with van der Waals surface area (Å²) in [5.41, 5.74) is 3.43. The number of hydrogen-bond donors (Lipinski definition) is 1. The first-order valence-corrected chi connectivity index (χ1v) is 9.49. The number of ether oxygens (including phenoxy) is 1. The Labute approximate surface area is 140 Å². The Hall–Kier alpha value is -0.900. The number of rotatable bonds is 4. The number of piperidine rings is 1. The second-order valence-corrected chi connectivity index (χ2v) is 7.64. The molecule has 3 nitrogen and oxygen atoms in total. The summed E-state index contributed by atoms with van der Waals surface area (Å²) in [6.07, 6.45) is 8.94. The predicted molar refractivity (Wildman–Crippen MR) is 93.8 cm³/mol. The van der Waals surface area contributed by atoms with E-state index in [1.807, 2.05) is 0 Å². The zero-order valence-corrected chi connectivity index (χ0v) is 14.2. The maximum atomic E-state index is 5.68. The lowest BCUT2D eigenvalue weighted by atomic mass is 9.85. The van der Waals surface area contributed by atoms with Gasteiger partial charge in [-0.15, -0.1) is 0 Å². The lowest BCUT2D eigenvalue weighted by Gasteiger charge is -2.48. The van der Waals surface area contributed by atoms with Crippen LogP contribution >= 0.6 is 0 Å². The van der Waals surface area contributed by atoms with Crippen LogP contribution in [0.3, 0.4) is 0 Å². The first kappa shape index (κ1) is 15.6. The molecule has 0 aromatic heterocycles. The molecule has 0 bridgehead atoms. The smallest absolute Gasteiger partial charge is 0.0484 e. The van der Waals surface area contributed by atoms with E-state index in [9.17, 15) is 0 Å². The van der Waals surface area contributed by atoms with E-state index in [0.29, 0.717) is 11.6 Å². The van der Waals surface area contributed by atoms with Gasteiger partial charge in [0.05, 0.1) is 0 Å². The topological polar surface area (TPSA) is 24.5 Å². The summed E-state index contributed by atoms with van der Waals surface area (Å²) in [6, 6.07) is 9.57. The van der Waals surface area contributed by atoms with E-state index >= 15 is 0 Å². The van der Waals surface area contributed by atoms with E-state index in [0.717, 1.165) is 19.8 Å². The third-order valence-electron chi connectivity index (χ3n) is 6.22. The maximum absolute atomic E-state index is 5.68. The minimum absolute atomic E-state index is 0.341. The van der Waals surface area contributed by atoms with E-state index in [2.05, 4.69) is 34.5 Å². The summed E-state index contributed by atoms with van der Waals surface area (Å²) >= 11 is 0. The fourth-order valence-corrected chi connectivity index (χ4v) is 4.76. The van der Waals surface area contributed by atoms with Crippen molar-refractivity contribution in [2.24, 2.45) is 0 Å². The van der Waals surface area contributed by atoms with Gasteiger partial charge in [0.1, 0.15) is 0 Å². The summed E-state index contributed by atoms with van der Waals surface area (Å²) in [5, 5.41) is 3.94. The summed E-state index contributed by atoms with van der Waals surface area (Å²) in [7, 11) is 0. The van der Waals surface area contributed by atoms with E-state index in [1.54, 1.807) is 11.1 Å². The summed E-state index contributed by atoms with van der Waals surface area (Å²) < 4.78 is 5.68. The maximum Gasteiger partial charge on any atom is 0.0484 e. The second kappa shape index (κ2) is 6.92. The Bertz CT molecular complexity index is 493. The van der Waals surface area contributed by atoms with Gasteiger partial charge in [-0.25, -0.2) is 0 Å². The zero-order chi connectivity index (χ0) is 15.5. The molecule has 23 heavy (non-hydrogen) atoms. The molecule has 2 saturated heterocycles. The standard InChI is InChI=1S/C20H30N2O/c1-4-10-22(11-5-1)20(8-12-23-13-9-20)16-21-19-14-17-6-2-3-7-18(17)15-19/h2-3,6-7,19,21H,1,4-5,8-16H2. The largest absolute Gasteiger partial charge is 0.381 e. The number of nitrogens with zero attached hydrogens (tertiary/aromatic N) is 1. The third-order valence-corrected chi connectivity index (χ3v) is 6.22. The van der Waals surface area contributed by atoms with Gasteiger partial charge in [-0.2, -0.15) is 0 Å². The van der Waals surface area contributed by atoms with Crippen LogP contribution in [0.25, 0.3) is 0 Å². The first-order valence-electron chi connectivity index (χ1n) is 9.49. The molecule has 1 aliphatic carbocycles. The Morgan fingerprint density at radius 2 is 1.65 bits per heavy atom. The molecule has 126 valence electrons. The zero-order valence-electron chi connectivity index (χ0n) is 14.2. The molecular weight excluding hydrogens is 284 g/mol. The minimum Gasteiger partial charge on any atom is -0.381 e. The molecule has 1 aromatic carbocycles. The molecule has 2 heterocycles. The van der Waals surface area contributed by atoms with Gasteiger partial charge in [-0.1, -0.05) is 30.7 Å². The van der Waals surface area contributed by atoms with Gasteiger partial charge >= 0.3 is 0 Å². The van der Waals surface area contributed by atoms with E-state index < -0.39 is 0 Å². The lowest BCUT2D eigenvalue weighted by molar-refractivity contribution is -0.0367. The molecule has 0 saturated carbocycles. The third kappa shape index (κ3) is 3.33. The molecule has 0 unspecified atom stereocenters. The number of fused-ring (bicyclic) bond motifs is 1. The Morgan fingerprint density at radius 1 is 1.00 bits per heavy atom. The number of hydrogen-bond acceptors (Lipinski definition) is 3. The van der Waals surface area contributed by atoms with Gasteiger partial charge in [0.15, 0.2) is 0 Å². The van der Waals surface area contributed by atoms with Crippen molar-refractivity contribution in [2.75, 3.05) is 32.8 Å². The average Bonchev–Trinajstić information content (AvgIpc) is 3.05. The van der Waals surface area contributed by atoms with Crippen molar-refractivity contribution < 1.29 is 4.74 Å². The van der Waals surface area contributed by atoms with Crippen molar-refractivity contribution in [3.05, 3.63) is 35.4 Å². The van der Waals surface area contributed by atoms with Crippen LogP contribution in [0, 0.1) is 0 Å². The number of nitrogens with one attached hydrogen (secondary N) is 1. The lowest BCUT2D eigenvalue weighted by Crippen LogP contribution is -2.60. The predicted octanol–water partition coefficient (Wildman–Crippen LogP) is 2.78. The molecule has 1 N–H and O–H groups in total. The van der Waals surface area contributed by atoms with Gasteiger partial charge < -0.3 is 10.1 Å². The molecule has 2 aliphatic heterocycles. The van der Waals surface area contributed by atoms with Crippen LogP contribution in [0.1, 0.15) is 43.2 Å². The highest BCUT2D eigenvalue weighted by atomic mass is 16.5. The van der Waals surface area contributed by atoms with Crippen LogP contribution in [0.4, 0.5) is 0 Å². The van der Waals surface area contributed by atoms with Crippen molar-refractivity contribution in [2.45, 2.75) is 56.5 Å². The highest BCUT2D eigenvalue weighted by Gasteiger charge is 2.39. The Balaban J connectivity index is 1.40. The summed E-state index contributed by atoms with van der Waals surface area (Å²) in [4.78, 5) is 2.79. The van der Waals surface area contributed by atoms with Crippen LogP contribution in [0.5, 0.6) is 0 Å². The Morgan fingerprint density at radius 3 is 2.30 bits per heavy atom. The second-order valence-electron chi connectivity index (χ2n) is 7.64. The van der Waals surface area contributed by atoms with Crippen molar-refractivity contribution >= 4 is 0 Å². The molecule has 4 rings (SSSR count). The average molecular weight is 314 g/mol. The summed E-state index contributed by atoms with van der Waals surface area (Å²) in [5.74, 6) is 0. The molecule has 0 amide bonds. The van der Waals surface area contributed by atoms with Crippen LogP contribution in [-0.2, 0) is 17.6 Å². The SMILES string of the molecule is c1ccc2c(c1)CC(NCC1(N3CCCCC3)CCOCC1)C2. The molecule has 2 fully saturated rings. The van der Waals surface area contributed by atoms with Crippen LogP contribution < -0.4 is 5.32 Å².